The molecule has 1 amide bonds. The van der Waals surface area contributed by atoms with Crippen molar-refractivity contribution in [3.05, 3.63) is 54.3 Å². The molecule has 0 aliphatic heterocycles. The van der Waals surface area contributed by atoms with E-state index in [2.05, 4.69) is 27.6 Å². The number of carbonyl (C=O) groups is 1. The number of furan rings is 1. The van der Waals surface area contributed by atoms with Crippen molar-refractivity contribution in [3.8, 4) is 11.6 Å². The molecule has 1 aromatic carbocycles. The zero-order valence-electron chi connectivity index (χ0n) is 14.9. The Morgan fingerprint density at radius 2 is 2.04 bits per heavy atom. The van der Waals surface area contributed by atoms with Gasteiger partial charge in [-0.1, -0.05) is 42.1 Å². The summed E-state index contributed by atoms with van der Waals surface area (Å²) >= 11 is 1.37. The van der Waals surface area contributed by atoms with Gasteiger partial charge in [-0.15, -0.1) is 10.2 Å². The molecule has 0 bridgehead atoms. The quantitative estimate of drug-likeness (QED) is 0.616. The maximum Gasteiger partial charge on any atom is 0.230 e. The molecule has 26 heavy (non-hydrogen) atoms. The third-order valence-corrected chi connectivity index (χ3v) is 5.05. The predicted octanol–water partition coefficient (Wildman–Crippen LogP) is 3.30. The Morgan fingerprint density at radius 3 is 2.77 bits per heavy atom. The maximum absolute atomic E-state index is 12.2. The van der Waals surface area contributed by atoms with E-state index in [1.165, 1.54) is 17.3 Å². The van der Waals surface area contributed by atoms with Gasteiger partial charge in [0.15, 0.2) is 16.7 Å². The molecule has 0 aliphatic carbocycles. The van der Waals surface area contributed by atoms with E-state index in [4.69, 9.17) is 4.42 Å². The van der Waals surface area contributed by atoms with E-state index >= 15 is 0 Å². The molecule has 0 aliphatic rings. The molecule has 2 heterocycles. The van der Waals surface area contributed by atoms with Gasteiger partial charge in [0.2, 0.25) is 5.91 Å². The summed E-state index contributed by atoms with van der Waals surface area (Å²) in [6.07, 6.45) is 3.46. The van der Waals surface area contributed by atoms with Crippen LogP contribution in [0.2, 0.25) is 0 Å². The smallest absolute Gasteiger partial charge is 0.230 e. The number of aryl methyl sites for hydroxylation is 1. The summed E-state index contributed by atoms with van der Waals surface area (Å²) < 4.78 is 7.17. The van der Waals surface area contributed by atoms with Gasteiger partial charge in [-0.25, -0.2) is 0 Å². The summed E-state index contributed by atoms with van der Waals surface area (Å²) in [7, 11) is 1.86. The minimum atomic E-state index is -0.00175. The van der Waals surface area contributed by atoms with Gasteiger partial charge in [0, 0.05) is 13.1 Å². The number of amides is 1. The van der Waals surface area contributed by atoms with E-state index in [1.54, 1.807) is 12.3 Å². The zero-order valence-corrected chi connectivity index (χ0v) is 15.7. The molecular formula is C19H22N4O2S. The van der Waals surface area contributed by atoms with Crippen LogP contribution in [0.25, 0.3) is 11.6 Å². The van der Waals surface area contributed by atoms with Gasteiger partial charge in [0.05, 0.1) is 12.0 Å². The fourth-order valence-corrected chi connectivity index (χ4v) is 3.33. The standard InChI is InChI=1S/C19H22N4O2S/c1-14(10-11-15-7-4-3-5-8-15)20-17(24)13-26-19-22-21-18(23(19)2)16-9-6-12-25-16/h3-9,12,14H,10-11,13H2,1-2H3,(H,20,24)/t14-/m1/s1. The molecule has 136 valence electrons. The average Bonchev–Trinajstić information content (AvgIpc) is 3.29. The number of thioether (sulfide) groups is 1. The first-order valence-corrected chi connectivity index (χ1v) is 9.51. The van der Waals surface area contributed by atoms with E-state index < -0.39 is 0 Å². The third-order valence-electron chi connectivity index (χ3n) is 4.03. The number of carbonyl (C=O) groups excluding carboxylic acids is 1. The summed E-state index contributed by atoms with van der Waals surface area (Å²) in [6.45, 7) is 2.03. The van der Waals surface area contributed by atoms with Gasteiger partial charge in [-0.3, -0.25) is 4.79 Å². The Hall–Kier alpha value is -2.54. The average molecular weight is 370 g/mol. The van der Waals surface area contributed by atoms with Crippen LogP contribution < -0.4 is 5.32 Å². The molecule has 1 atom stereocenters. The molecule has 0 spiro atoms. The van der Waals surface area contributed by atoms with Crippen LogP contribution in [0.3, 0.4) is 0 Å². The van der Waals surface area contributed by atoms with E-state index in [0.717, 1.165) is 12.8 Å². The second kappa shape index (κ2) is 8.71. The van der Waals surface area contributed by atoms with Crippen LogP contribution >= 0.6 is 11.8 Å². The predicted molar refractivity (Wildman–Crippen MR) is 102 cm³/mol. The summed E-state index contributed by atoms with van der Waals surface area (Å²) in [5, 5.41) is 12.0. The van der Waals surface area contributed by atoms with Gasteiger partial charge in [-0.05, 0) is 37.5 Å². The summed E-state index contributed by atoms with van der Waals surface area (Å²) in [6, 6.07) is 14.1. The van der Waals surface area contributed by atoms with Crippen LogP contribution in [-0.4, -0.2) is 32.5 Å². The Morgan fingerprint density at radius 1 is 1.23 bits per heavy atom. The molecule has 3 rings (SSSR count). The minimum absolute atomic E-state index is 0.00175. The molecule has 3 aromatic rings. The van der Waals surface area contributed by atoms with Crippen molar-refractivity contribution in [2.24, 2.45) is 7.05 Å². The van der Waals surface area contributed by atoms with Gasteiger partial charge in [0.1, 0.15) is 0 Å². The highest BCUT2D eigenvalue weighted by Crippen LogP contribution is 2.22. The number of nitrogens with zero attached hydrogens (tertiary/aromatic N) is 3. The number of rotatable bonds is 8. The van der Waals surface area contributed by atoms with Crippen LogP contribution in [-0.2, 0) is 18.3 Å². The molecule has 2 aromatic heterocycles. The number of hydrogen-bond donors (Lipinski definition) is 1. The van der Waals surface area contributed by atoms with Crippen LogP contribution in [0.1, 0.15) is 18.9 Å². The molecule has 0 unspecified atom stereocenters. The maximum atomic E-state index is 12.2. The van der Waals surface area contributed by atoms with E-state index in [-0.39, 0.29) is 11.9 Å². The minimum Gasteiger partial charge on any atom is -0.461 e. The molecule has 0 saturated heterocycles. The summed E-state index contributed by atoms with van der Waals surface area (Å²) in [5.41, 5.74) is 1.28. The lowest BCUT2D eigenvalue weighted by molar-refractivity contribution is -0.119. The highest BCUT2D eigenvalue weighted by molar-refractivity contribution is 7.99. The van der Waals surface area contributed by atoms with Crippen molar-refractivity contribution in [3.63, 3.8) is 0 Å². The summed E-state index contributed by atoms with van der Waals surface area (Å²) in [5.74, 6) is 1.61. The first-order chi connectivity index (χ1) is 12.6. The Bertz CT molecular complexity index is 831. The molecular weight excluding hydrogens is 348 g/mol. The van der Waals surface area contributed by atoms with Crippen LogP contribution in [0.5, 0.6) is 0 Å². The van der Waals surface area contributed by atoms with E-state index in [9.17, 15) is 4.79 Å². The van der Waals surface area contributed by atoms with Crippen molar-refractivity contribution in [1.82, 2.24) is 20.1 Å². The van der Waals surface area contributed by atoms with Gasteiger partial charge in [-0.2, -0.15) is 0 Å². The van der Waals surface area contributed by atoms with Crippen LogP contribution in [0.15, 0.2) is 58.3 Å². The monoisotopic (exact) mass is 370 g/mol. The van der Waals surface area contributed by atoms with Crippen molar-refractivity contribution in [1.29, 1.82) is 0 Å². The third kappa shape index (κ3) is 4.76. The largest absolute Gasteiger partial charge is 0.461 e. The molecule has 0 fully saturated rings. The highest BCUT2D eigenvalue weighted by Gasteiger charge is 2.15. The molecule has 6 nitrogen and oxygen atoms in total. The van der Waals surface area contributed by atoms with Crippen molar-refractivity contribution < 1.29 is 9.21 Å². The second-order valence-corrected chi connectivity index (χ2v) is 7.07. The normalized spacial score (nSPS) is 12.1. The number of aromatic nitrogens is 3. The Kier molecular flexibility index (Phi) is 6.12. The first kappa shape index (κ1) is 18.3. The zero-order chi connectivity index (χ0) is 18.4. The molecule has 0 radical (unpaired) electrons. The fraction of sp³-hybridized carbons (Fsp3) is 0.316. The Labute approximate surface area is 157 Å². The van der Waals surface area contributed by atoms with E-state index in [1.807, 2.05) is 42.8 Å². The van der Waals surface area contributed by atoms with Gasteiger partial charge < -0.3 is 14.3 Å². The lowest BCUT2D eigenvalue weighted by Crippen LogP contribution is -2.34. The van der Waals surface area contributed by atoms with Gasteiger partial charge in [0.25, 0.3) is 0 Å². The van der Waals surface area contributed by atoms with Crippen LogP contribution in [0, 0.1) is 0 Å². The number of nitrogens with one attached hydrogen (secondary N) is 1. The van der Waals surface area contributed by atoms with Crippen molar-refractivity contribution in [2.75, 3.05) is 5.75 Å². The molecule has 7 heteroatoms. The van der Waals surface area contributed by atoms with E-state index in [0.29, 0.717) is 22.5 Å². The van der Waals surface area contributed by atoms with Crippen molar-refractivity contribution in [2.45, 2.75) is 31.0 Å². The first-order valence-electron chi connectivity index (χ1n) is 8.53. The lowest BCUT2D eigenvalue weighted by Gasteiger charge is -2.13. The molecule has 0 saturated carbocycles. The topological polar surface area (TPSA) is 73.0 Å². The highest BCUT2D eigenvalue weighted by atomic mass is 32.2. The number of benzene rings is 1. The second-order valence-electron chi connectivity index (χ2n) is 6.12. The van der Waals surface area contributed by atoms with Gasteiger partial charge >= 0.3 is 0 Å². The Balaban J connectivity index is 1.45. The SMILES string of the molecule is C[C@H](CCc1ccccc1)NC(=O)CSc1nnc(-c2ccco2)n1C. The van der Waals surface area contributed by atoms with Crippen molar-refractivity contribution >= 4 is 17.7 Å². The fourth-order valence-electron chi connectivity index (χ4n) is 2.61. The summed E-state index contributed by atoms with van der Waals surface area (Å²) in [4.78, 5) is 12.2. The molecule has 1 N–H and O–H groups in total. The number of hydrogen-bond acceptors (Lipinski definition) is 5. The lowest BCUT2D eigenvalue weighted by atomic mass is 10.1. The van der Waals surface area contributed by atoms with Crippen LogP contribution in [0.4, 0.5) is 0 Å².